The first kappa shape index (κ1) is 21.2. The Morgan fingerprint density at radius 2 is 2.10 bits per heavy atom. The maximum Gasteiger partial charge on any atom is 0.273 e. The molecule has 0 radical (unpaired) electrons. The van der Waals surface area contributed by atoms with Crippen LogP contribution in [0.2, 0.25) is 5.02 Å². The fourth-order valence-corrected chi connectivity index (χ4v) is 3.49. The number of hydrogen-bond donors (Lipinski definition) is 1. The van der Waals surface area contributed by atoms with E-state index in [4.69, 9.17) is 16.3 Å². The average Bonchev–Trinajstić information content (AvgIpc) is 3.21. The molecule has 0 unspecified atom stereocenters. The number of halogens is 2. The van der Waals surface area contributed by atoms with Crippen molar-refractivity contribution in [3.8, 4) is 0 Å². The van der Waals surface area contributed by atoms with Crippen LogP contribution in [0.15, 0.2) is 24.4 Å². The van der Waals surface area contributed by atoms with Crippen molar-refractivity contribution >= 4 is 23.4 Å². The van der Waals surface area contributed by atoms with E-state index in [2.05, 4.69) is 15.6 Å². The van der Waals surface area contributed by atoms with Crippen molar-refractivity contribution in [2.45, 2.75) is 25.3 Å². The summed E-state index contributed by atoms with van der Waals surface area (Å²) in [5.41, 5.74) is 0.468. The average molecular weight is 424 g/mol. The summed E-state index contributed by atoms with van der Waals surface area (Å²) in [6.07, 6.45) is 2.89. The lowest BCUT2D eigenvalue weighted by molar-refractivity contribution is -0.131. The molecule has 2 heterocycles. The Kier molecular flexibility index (Phi) is 7.16. The van der Waals surface area contributed by atoms with Gasteiger partial charge in [-0.1, -0.05) is 22.9 Å². The number of ether oxygens (including phenoxy) is 1. The zero-order valence-corrected chi connectivity index (χ0v) is 16.9. The molecule has 10 heteroatoms. The second-order valence-corrected chi connectivity index (χ2v) is 7.23. The van der Waals surface area contributed by atoms with Crippen molar-refractivity contribution in [2.75, 3.05) is 33.4 Å². The summed E-state index contributed by atoms with van der Waals surface area (Å²) < 4.78 is 20.5. The van der Waals surface area contributed by atoms with Crippen LogP contribution in [0.3, 0.4) is 0 Å². The second kappa shape index (κ2) is 9.80. The summed E-state index contributed by atoms with van der Waals surface area (Å²) >= 11 is 6.01. The SMILES string of the molecule is COCCNC(=O)c1cn(C2CCN(C(=O)Cc3c(F)cccc3Cl)CC2)nn1. The van der Waals surface area contributed by atoms with Crippen molar-refractivity contribution in [3.63, 3.8) is 0 Å². The third-order valence-corrected chi connectivity index (χ3v) is 5.27. The maximum absolute atomic E-state index is 13.9. The number of benzene rings is 1. The van der Waals surface area contributed by atoms with Gasteiger partial charge in [0.2, 0.25) is 5.91 Å². The first-order chi connectivity index (χ1) is 14.0. The van der Waals surface area contributed by atoms with E-state index in [9.17, 15) is 14.0 Å². The first-order valence-electron chi connectivity index (χ1n) is 9.39. The smallest absolute Gasteiger partial charge is 0.273 e. The minimum atomic E-state index is -0.473. The topological polar surface area (TPSA) is 89.4 Å². The zero-order valence-electron chi connectivity index (χ0n) is 16.1. The molecular weight excluding hydrogens is 401 g/mol. The van der Waals surface area contributed by atoms with Gasteiger partial charge in [-0.2, -0.15) is 0 Å². The van der Waals surface area contributed by atoms with E-state index in [0.717, 1.165) is 0 Å². The van der Waals surface area contributed by atoms with E-state index in [1.165, 1.54) is 12.1 Å². The molecule has 1 N–H and O–H groups in total. The number of amides is 2. The molecule has 29 heavy (non-hydrogen) atoms. The standard InChI is InChI=1S/C19H23ClFN5O3/c1-29-10-7-22-19(28)17-12-26(24-23-17)13-5-8-25(9-6-13)18(27)11-14-15(20)3-2-4-16(14)21/h2-4,12-13H,5-11H2,1H3,(H,22,28). The summed E-state index contributed by atoms with van der Waals surface area (Å²) in [7, 11) is 1.56. The van der Waals surface area contributed by atoms with Gasteiger partial charge < -0.3 is 15.0 Å². The lowest BCUT2D eigenvalue weighted by Gasteiger charge is -2.32. The molecule has 156 valence electrons. The molecule has 0 atom stereocenters. The number of carbonyl (C=O) groups excluding carboxylic acids is 2. The van der Waals surface area contributed by atoms with Gasteiger partial charge in [0.25, 0.3) is 5.91 Å². The fraction of sp³-hybridized carbons (Fsp3) is 0.474. The molecule has 1 aliphatic rings. The van der Waals surface area contributed by atoms with Gasteiger partial charge in [0, 0.05) is 37.3 Å². The van der Waals surface area contributed by atoms with Crippen LogP contribution in [0.4, 0.5) is 4.39 Å². The molecular formula is C19H23ClFN5O3. The van der Waals surface area contributed by atoms with Gasteiger partial charge >= 0.3 is 0 Å². The number of rotatable bonds is 7. The number of carbonyl (C=O) groups is 2. The minimum Gasteiger partial charge on any atom is -0.383 e. The van der Waals surface area contributed by atoms with Crippen molar-refractivity contribution in [1.29, 1.82) is 0 Å². The largest absolute Gasteiger partial charge is 0.383 e. The molecule has 1 fully saturated rings. The minimum absolute atomic E-state index is 0.0455. The highest BCUT2D eigenvalue weighted by Gasteiger charge is 2.26. The quantitative estimate of drug-likeness (QED) is 0.686. The van der Waals surface area contributed by atoms with Crippen LogP contribution < -0.4 is 5.32 Å². The van der Waals surface area contributed by atoms with Crippen LogP contribution >= 0.6 is 11.6 Å². The summed E-state index contributed by atoms with van der Waals surface area (Å²) in [6.45, 7) is 1.86. The van der Waals surface area contributed by atoms with Crippen molar-refractivity contribution in [1.82, 2.24) is 25.2 Å². The molecule has 2 aromatic rings. The second-order valence-electron chi connectivity index (χ2n) is 6.82. The Bertz CT molecular complexity index is 847. The number of methoxy groups -OCH3 is 1. The lowest BCUT2D eigenvalue weighted by atomic mass is 10.0. The highest BCUT2D eigenvalue weighted by Crippen LogP contribution is 2.24. The zero-order chi connectivity index (χ0) is 20.8. The van der Waals surface area contributed by atoms with Gasteiger partial charge in [-0.15, -0.1) is 5.10 Å². The summed E-state index contributed by atoms with van der Waals surface area (Å²) in [5.74, 6) is -0.936. The Morgan fingerprint density at radius 3 is 2.79 bits per heavy atom. The maximum atomic E-state index is 13.9. The summed E-state index contributed by atoms with van der Waals surface area (Å²) in [5, 5.41) is 10.9. The predicted octanol–water partition coefficient (Wildman–Crippen LogP) is 1.85. The van der Waals surface area contributed by atoms with E-state index in [1.807, 2.05) is 0 Å². The Labute approximate surface area is 173 Å². The van der Waals surface area contributed by atoms with Gasteiger partial charge in [-0.3, -0.25) is 9.59 Å². The van der Waals surface area contributed by atoms with Crippen molar-refractivity contribution in [2.24, 2.45) is 0 Å². The van der Waals surface area contributed by atoms with Crippen LogP contribution in [0, 0.1) is 5.82 Å². The molecule has 8 nitrogen and oxygen atoms in total. The monoisotopic (exact) mass is 423 g/mol. The lowest BCUT2D eigenvalue weighted by Crippen LogP contribution is -2.40. The molecule has 1 aromatic carbocycles. The van der Waals surface area contributed by atoms with Gasteiger partial charge in [0.15, 0.2) is 5.69 Å². The van der Waals surface area contributed by atoms with Gasteiger partial charge in [0.05, 0.1) is 25.3 Å². The molecule has 0 spiro atoms. The molecule has 0 aliphatic carbocycles. The van der Waals surface area contributed by atoms with Gasteiger partial charge in [-0.25, -0.2) is 9.07 Å². The third kappa shape index (κ3) is 5.30. The number of piperidine rings is 1. The first-order valence-corrected chi connectivity index (χ1v) is 9.77. The van der Waals surface area contributed by atoms with E-state index in [-0.39, 0.29) is 40.6 Å². The van der Waals surface area contributed by atoms with Crippen LogP contribution in [0.25, 0.3) is 0 Å². The van der Waals surface area contributed by atoms with Crippen molar-refractivity contribution in [3.05, 3.63) is 46.5 Å². The van der Waals surface area contributed by atoms with Crippen LogP contribution in [0.5, 0.6) is 0 Å². The highest BCUT2D eigenvalue weighted by atomic mass is 35.5. The molecule has 1 aromatic heterocycles. The molecule has 1 aliphatic heterocycles. The Balaban J connectivity index is 1.53. The van der Waals surface area contributed by atoms with Crippen LogP contribution in [-0.2, 0) is 16.0 Å². The van der Waals surface area contributed by atoms with E-state index < -0.39 is 5.82 Å². The van der Waals surface area contributed by atoms with Gasteiger partial charge in [-0.05, 0) is 25.0 Å². The molecule has 2 amide bonds. The Morgan fingerprint density at radius 1 is 1.34 bits per heavy atom. The van der Waals surface area contributed by atoms with E-state index in [1.54, 1.807) is 29.0 Å². The summed E-state index contributed by atoms with van der Waals surface area (Å²) in [4.78, 5) is 26.2. The normalized spacial score (nSPS) is 14.8. The van der Waals surface area contributed by atoms with Crippen molar-refractivity contribution < 1.29 is 18.7 Å². The number of hydrogen-bond acceptors (Lipinski definition) is 5. The number of nitrogens with one attached hydrogen (secondary N) is 1. The third-order valence-electron chi connectivity index (χ3n) is 4.92. The van der Waals surface area contributed by atoms with E-state index in [0.29, 0.717) is 39.1 Å². The fourth-order valence-electron chi connectivity index (χ4n) is 3.26. The van der Waals surface area contributed by atoms with Crippen LogP contribution in [0.1, 0.15) is 34.9 Å². The molecule has 0 bridgehead atoms. The number of likely N-dealkylation sites (tertiary alicyclic amines) is 1. The predicted molar refractivity (Wildman–Crippen MR) is 104 cm³/mol. The van der Waals surface area contributed by atoms with E-state index >= 15 is 0 Å². The van der Waals surface area contributed by atoms with Gasteiger partial charge in [0.1, 0.15) is 5.82 Å². The molecule has 0 saturated carbocycles. The highest BCUT2D eigenvalue weighted by molar-refractivity contribution is 6.31. The number of aromatic nitrogens is 3. The van der Waals surface area contributed by atoms with Crippen LogP contribution in [-0.4, -0.2) is 65.1 Å². The molecule has 3 rings (SSSR count). The Hall–Kier alpha value is -2.52. The number of nitrogens with zero attached hydrogens (tertiary/aromatic N) is 4. The summed E-state index contributed by atoms with van der Waals surface area (Å²) in [6, 6.07) is 4.44. The molecule has 1 saturated heterocycles.